The fourth-order valence-corrected chi connectivity index (χ4v) is 7.14. The summed E-state index contributed by atoms with van der Waals surface area (Å²) < 4.78 is 17.9. The van der Waals surface area contributed by atoms with Crippen LogP contribution in [-0.2, 0) is 15.2 Å². The minimum atomic E-state index is -0.784. The lowest BCUT2D eigenvalue weighted by molar-refractivity contribution is -0.256. The predicted molar refractivity (Wildman–Crippen MR) is 136 cm³/mol. The molecular weight excluding hydrogens is 440 g/mol. The van der Waals surface area contributed by atoms with Crippen LogP contribution in [0.4, 0.5) is 0 Å². The van der Waals surface area contributed by atoms with Crippen LogP contribution < -0.4 is 5.32 Å². The quantitative estimate of drug-likeness (QED) is 0.412. The van der Waals surface area contributed by atoms with E-state index in [9.17, 15) is 4.79 Å². The Morgan fingerprint density at radius 2 is 1.77 bits per heavy atom. The maximum atomic E-state index is 13.2. The Balaban J connectivity index is 1.73. The Kier molecular flexibility index (Phi) is 3.60. The number of aromatic nitrogens is 2. The number of hydrogen-bond acceptors (Lipinski definition) is 4. The first-order valence-corrected chi connectivity index (χ1v) is 12.1. The fourth-order valence-electron chi connectivity index (χ4n) is 7.14. The molecule has 0 aliphatic carbocycles. The highest BCUT2D eigenvalue weighted by atomic mass is 16.6. The molecule has 0 saturated carbocycles. The van der Waals surface area contributed by atoms with Gasteiger partial charge in [0.25, 0.3) is 5.91 Å². The van der Waals surface area contributed by atoms with E-state index in [-0.39, 0.29) is 24.3 Å². The lowest BCUT2D eigenvalue weighted by atomic mass is 9.93. The van der Waals surface area contributed by atoms with Gasteiger partial charge in [0.05, 0.1) is 27.6 Å². The van der Waals surface area contributed by atoms with Gasteiger partial charge in [-0.05, 0) is 26.1 Å². The molecule has 1 fully saturated rings. The number of amides is 1. The maximum absolute atomic E-state index is 13.2. The molecule has 5 heterocycles. The van der Waals surface area contributed by atoms with E-state index in [1.54, 1.807) is 13.3 Å². The molecule has 35 heavy (non-hydrogen) atoms. The molecule has 3 aliphatic heterocycles. The molecule has 4 atom stereocenters. The first kappa shape index (κ1) is 19.8. The van der Waals surface area contributed by atoms with Gasteiger partial charge in [-0.2, -0.15) is 0 Å². The summed E-state index contributed by atoms with van der Waals surface area (Å²) in [6.07, 6.45) is 2.03. The summed E-state index contributed by atoms with van der Waals surface area (Å²) in [5, 5.41) is 7.66. The normalized spacial score (nSPS) is 27.1. The van der Waals surface area contributed by atoms with Gasteiger partial charge in [0.15, 0.2) is 5.72 Å². The highest BCUT2D eigenvalue weighted by molar-refractivity contribution is 6.36. The van der Waals surface area contributed by atoms with E-state index >= 15 is 0 Å². The number of para-hydroxylation sites is 2. The van der Waals surface area contributed by atoms with E-state index in [0.717, 1.165) is 55.6 Å². The van der Waals surface area contributed by atoms with Crippen molar-refractivity contribution < 1.29 is 14.3 Å². The number of nitrogens with zero attached hydrogens (tertiary/aromatic N) is 3. The molecule has 7 heteroatoms. The largest absolute Gasteiger partial charge is 0.375 e. The topological polar surface area (TPSA) is 69.8 Å². The van der Waals surface area contributed by atoms with Crippen LogP contribution in [0, 0.1) is 0 Å². The van der Waals surface area contributed by atoms with E-state index < -0.39 is 5.72 Å². The Labute approximate surface area is 200 Å². The zero-order valence-corrected chi connectivity index (χ0v) is 19.7. The summed E-state index contributed by atoms with van der Waals surface area (Å²) in [7, 11) is 3.75. The third-order valence-electron chi connectivity index (χ3n) is 8.40. The molecule has 0 spiro atoms. The number of carbonyl (C=O) groups is 1. The van der Waals surface area contributed by atoms with Gasteiger partial charge < -0.3 is 23.9 Å². The number of rotatable bonds is 2. The van der Waals surface area contributed by atoms with Crippen molar-refractivity contribution in [3.63, 3.8) is 0 Å². The van der Waals surface area contributed by atoms with Gasteiger partial charge in [0.2, 0.25) is 0 Å². The van der Waals surface area contributed by atoms with Gasteiger partial charge in [0.1, 0.15) is 12.3 Å². The molecule has 5 aromatic rings. The van der Waals surface area contributed by atoms with E-state index in [0.29, 0.717) is 5.56 Å². The van der Waals surface area contributed by atoms with E-state index in [2.05, 4.69) is 68.8 Å². The minimum Gasteiger partial charge on any atom is -0.375 e. The van der Waals surface area contributed by atoms with Crippen molar-refractivity contribution in [3.8, 4) is 0 Å². The van der Waals surface area contributed by atoms with E-state index in [1.165, 1.54) is 0 Å². The third-order valence-corrected chi connectivity index (χ3v) is 8.40. The number of carbonyl (C=O) groups excluding carboxylic acids is 1. The molecular formula is C28H24N4O3. The summed E-state index contributed by atoms with van der Waals surface area (Å²) in [5.41, 5.74) is 5.04. The molecule has 0 unspecified atom stereocenters. The number of aliphatic imine (C=N–C) groups is 1. The molecule has 1 saturated heterocycles. The second-order valence-corrected chi connectivity index (χ2v) is 9.95. The molecule has 174 valence electrons. The van der Waals surface area contributed by atoms with Crippen LogP contribution in [0.1, 0.15) is 35.5 Å². The van der Waals surface area contributed by atoms with Crippen molar-refractivity contribution in [3.05, 3.63) is 59.7 Å². The SMILES string of the molecule is CN[C@H]1C[C@@H]2O[C@](C)([C@@H]1OC)n1c3ccccc3c3c4c(c5c6ccccc6n2c5c31)C(=O)N=C4. The number of ether oxygens (including phenoxy) is 2. The molecule has 8 rings (SSSR count). The molecule has 3 aliphatic rings. The summed E-state index contributed by atoms with van der Waals surface area (Å²) >= 11 is 0. The average molecular weight is 465 g/mol. The predicted octanol–water partition coefficient (Wildman–Crippen LogP) is 4.68. The Hall–Kier alpha value is -3.52. The Bertz CT molecular complexity index is 1790. The van der Waals surface area contributed by atoms with Crippen molar-refractivity contribution in [2.45, 2.75) is 37.4 Å². The van der Waals surface area contributed by atoms with E-state index in [4.69, 9.17) is 9.47 Å². The number of hydrogen-bond donors (Lipinski definition) is 1. The van der Waals surface area contributed by atoms with Crippen molar-refractivity contribution in [1.82, 2.24) is 14.5 Å². The molecule has 1 N–H and O–H groups in total. The van der Waals surface area contributed by atoms with Crippen molar-refractivity contribution >= 4 is 55.7 Å². The Morgan fingerprint density at radius 1 is 1.06 bits per heavy atom. The van der Waals surface area contributed by atoms with Gasteiger partial charge in [-0.3, -0.25) is 4.79 Å². The summed E-state index contributed by atoms with van der Waals surface area (Å²) in [5.74, 6) is -0.177. The highest BCUT2D eigenvalue weighted by Crippen LogP contribution is 2.53. The van der Waals surface area contributed by atoms with Crippen LogP contribution in [0.5, 0.6) is 0 Å². The molecule has 2 aromatic heterocycles. The highest BCUT2D eigenvalue weighted by Gasteiger charge is 2.52. The van der Waals surface area contributed by atoms with Gasteiger partial charge in [-0.1, -0.05) is 36.4 Å². The van der Waals surface area contributed by atoms with Crippen molar-refractivity contribution in [1.29, 1.82) is 0 Å². The molecule has 2 bridgehead atoms. The van der Waals surface area contributed by atoms with Gasteiger partial charge in [0, 0.05) is 52.9 Å². The van der Waals surface area contributed by atoms with Crippen LogP contribution in [0.15, 0.2) is 53.5 Å². The number of likely N-dealkylation sites (N-methyl/N-ethyl adjacent to an activating group) is 1. The van der Waals surface area contributed by atoms with Gasteiger partial charge in [-0.25, -0.2) is 4.99 Å². The maximum Gasteiger partial charge on any atom is 0.278 e. The minimum absolute atomic E-state index is 0.0699. The van der Waals surface area contributed by atoms with Crippen LogP contribution in [0.3, 0.4) is 0 Å². The molecule has 7 nitrogen and oxygen atoms in total. The smallest absolute Gasteiger partial charge is 0.278 e. The molecule has 0 radical (unpaired) electrons. The first-order valence-electron chi connectivity index (χ1n) is 12.1. The van der Waals surface area contributed by atoms with Crippen molar-refractivity contribution in [2.24, 2.45) is 4.99 Å². The van der Waals surface area contributed by atoms with Gasteiger partial charge >= 0.3 is 0 Å². The molecule has 3 aromatic carbocycles. The zero-order valence-electron chi connectivity index (χ0n) is 19.7. The summed E-state index contributed by atoms with van der Waals surface area (Å²) in [4.78, 5) is 17.5. The van der Waals surface area contributed by atoms with Gasteiger partial charge in [-0.15, -0.1) is 0 Å². The number of fused-ring (bicyclic) bond motifs is 13. The number of methoxy groups -OCH3 is 1. The monoisotopic (exact) mass is 464 g/mol. The van der Waals surface area contributed by atoms with Crippen LogP contribution >= 0.6 is 0 Å². The first-order chi connectivity index (χ1) is 17.1. The summed E-state index contributed by atoms with van der Waals surface area (Å²) in [6.45, 7) is 2.14. The van der Waals surface area contributed by atoms with Crippen LogP contribution in [0.25, 0.3) is 43.6 Å². The fraction of sp³-hybridized carbons (Fsp3) is 0.286. The second-order valence-electron chi connectivity index (χ2n) is 9.95. The van der Waals surface area contributed by atoms with Crippen LogP contribution in [0.2, 0.25) is 0 Å². The number of benzene rings is 3. The zero-order chi connectivity index (χ0) is 23.6. The Morgan fingerprint density at radius 3 is 2.51 bits per heavy atom. The standard InChI is InChI=1S/C28H24N4O3/c1-28-26(34-3)17(29-2)12-20(35-28)31-18-10-6-4-8-14(18)22-23-16(13-30-27(23)33)21-15-9-5-7-11-19(15)32(28)25(21)24(22)31/h4-11,13,17,20,26,29H,12H2,1-3H3/t17-,20-,26+,28+/m0/s1. The van der Waals surface area contributed by atoms with Crippen molar-refractivity contribution in [2.75, 3.05) is 14.2 Å². The lowest BCUT2D eigenvalue weighted by Gasteiger charge is -2.48. The number of nitrogens with one attached hydrogen (secondary N) is 1. The average Bonchev–Trinajstić information content (AvgIpc) is 3.51. The lowest BCUT2D eigenvalue weighted by Crippen LogP contribution is -2.59. The van der Waals surface area contributed by atoms with E-state index in [1.807, 2.05) is 13.1 Å². The molecule has 1 amide bonds. The summed E-state index contributed by atoms with van der Waals surface area (Å²) in [6, 6.07) is 16.8. The third kappa shape index (κ3) is 2.10. The second kappa shape index (κ2) is 6.37. The van der Waals surface area contributed by atoms with Crippen LogP contribution in [-0.4, -0.2) is 47.6 Å².